The first-order valence-corrected chi connectivity index (χ1v) is 7.67. The van der Waals surface area contributed by atoms with E-state index in [1.807, 2.05) is 43.3 Å². The zero-order valence-electron chi connectivity index (χ0n) is 13.3. The summed E-state index contributed by atoms with van der Waals surface area (Å²) in [5.41, 5.74) is 3.87. The van der Waals surface area contributed by atoms with Gasteiger partial charge >= 0.3 is 0 Å². The Kier molecular flexibility index (Phi) is 4.81. The number of rotatable bonds is 5. The number of fused-ring (bicyclic) bond motifs is 1. The predicted octanol–water partition coefficient (Wildman–Crippen LogP) is 3.40. The molecule has 0 aliphatic heterocycles. The molecule has 24 heavy (non-hydrogen) atoms. The summed E-state index contributed by atoms with van der Waals surface area (Å²) < 4.78 is 5.68. The fourth-order valence-corrected chi connectivity index (χ4v) is 2.41. The van der Waals surface area contributed by atoms with Crippen molar-refractivity contribution in [3.05, 3.63) is 72.1 Å². The fourth-order valence-electron chi connectivity index (χ4n) is 2.41. The molecule has 1 amide bonds. The number of amides is 1. The molecule has 1 heterocycles. The number of hydrazone groups is 1. The van der Waals surface area contributed by atoms with E-state index in [0.29, 0.717) is 12.2 Å². The third-order valence-corrected chi connectivity index (χ3v) is 3.53. The molecule has 0 saturated heterocycles. The number of nitrogens with zero attached hydrogens (tertiary/aromatic N) is 2. The highest BCUT2D eigenvalue weighted by molar-refractivity contribution is 6.03. The van der Waals surface area contributed by atoms with Gasteiger partial charge in [-0.15, -0.1) is 0 Å². The SMILES string of the molecule is CCOc1ccc2ccccc2c1C=NNC(=O)c1ccncc1. The molecule has 0 atom stereocenters. The molecule has 0 fully saturated rings. The molecule has 3 aromatic rings. The summed E-state index contributed by atoms with van der Waals surface area (Å²) in [7, 11) is 0. The standard InChI is InChI=1S/C19H17N3O2/c1-2-24-18-8-7-14-5-3-4-6-16(14)17(18)13-21-22-19(23)15-9-11-20-12-10-15/h3-13H,2H2,1H3,(H,22,23). The molecule has 0 aliphatic rings. The van der Waals surface area contributed by atoms with E-state index in [1.54, 1.807) is 30.7 Å². The molecule has 0 bridgehead atoms. The van der Waals surface area contributed by atoms with Crippen molar-refractivity contribution in [3.63, 3.8) is 0 Å². The van der Waals surface area contributed by atoms with Gasteiger partial charge < -0.3 is 4.74 Å². The first-order valence-electron chi connectivity index (χ1n) is 7.67. The van der Waals surface area contributed by atoms with E-state index in [4.69, 9.17) is 4.74 Å². The lowest BCUT2D eigenvalue weighted by Crippen LogP contribution is -2.17. The van der Waals surface area contributed by atoms with E-state index < -0.39 is 0 Å². The molecule has 5 heteroatoms. The molecular formula is C19H17N3O2. The van der Waals surface area contributed by atoms with Crippen molar-refractivity contribution in [2.45, 2.75) is 6.92 Å². The van der Waals surface area contributed by atoms with Crippen LogP contribution in [0.15, 0.2) is 66.0 Å². The zero-order valence-corrected chi connectivity index (χ0v) is 13.3. The van der Waals surface area contributed by atoms with Crippen molar-refractivity contribution in [2.24, 2.45) is 5.10 Å². The van der Waals surface area contributed by atoms with Crippen LogP contribution in [0, 0.1) is 0 Å². The summed E-state index contributed by atoms with van der Waals surface area (Å²) in [5.74, 6) is 0.449. The van der Waals surface area contributed by atoms with Crippen LogP contribution < -0.4 is 10.2 Å². The Bertz CT molecular complexity index is 876. The van der Waals surface area contributed by atoms with Crippen LogP contribution in [0.1, 0.15) is 22.8 Å². The number of carbonyl (C=O) groups excluding carboxylic acids is 1. The average molecular weight is 319 g/mol. The topological polar surface area (TPSA) is 63.6 Å². The number of hydrogen-bond acceptors (Lipinski definition) is 4. The number of ether oxygens (including phenoxy) is 1. The highest BCUT2D eigenvalue weighted by atomic mass is 16.5. The minimum atomic E-state index is -0.285. The molecule has 0 unspecified atom stereocenters. The summed E-state index contributed by atoms with van der Waals surface area (Å²) in [6, 6.07) is 15.2. The summed E-state index contributed by atoms with van der Waals surface area (Å²) in [5, 5.41) is 6.19. The minimum absolute atomic E-state index is 0.285. The van der Waals surface area contributed by atoms with Gasteiger partial charge in [-0.05, 0) is 35.9 Å². The molecule has 2 aromatic carbocycles. The lowest BCUT2D eigenvalue weighted by Gasteiger charge is -2.10. The third kappa shape index (κ3) is 3.41. The molecule has 120 valence electrons. The Morgan fingerprint density at radius 2 is 1.96 bits per heavy atom. The van der Waals surface area contributed by atoms with Gasteiger partial charge in [0, 0.05) is 23.5 Å². The van der Waals surface area contributed by atoms with Crippen molar-refractivity contribution in [1.82, 2.24) is 10.4 Å². The molecule has 0 radical (unpaired) electrons. The van der Waals surface area contributed by atoms with Crippen LogP contribution in [0.4, 0.5) is 0 Å². The quantitative estimate of drug-likeness (QED) is 0.579. The van der Waals surface area contributed by atoms with Gasteiger partial charge in [-0.2, -0.15) is 5.10 Å². The first-order chi connectivity index (χ1) is 11.8. The van der Waals surface area contributed by atoms with Crippen molar-refractivity contribution in [1.29, 1.82) is 0 Å². The number of nitrogens with one attached hydrogen (secondary N) is 1. The highest BCUT2D eigenvalue weighted by Gasteiger charge is 2.07. The van der Waals surface area contributed by atoms with Crippen LogP contribution in [-0.4, -0.2) is 23.7 Å². The van der Waals surface area contributed by atoms with E-state index in [0.717, 1.165) is 22.1 Å². The second kappa shape index (κ2) is 7.37. The van der Waals surface area contributed by atoms with E-state index in [-0.39, 0.29) is 5.91 Å². The lowest BCUT2D eigenvalue weighted by molar-refractivity contribution is 0.0955. The van der Waals surface area contributed by atoms with Crippen molar-refractivity contribution in [2.75, 3.05) is 6.61 Å². The first kappa shape index (κ1) is 15.7. The summed E-state index contributed by atoms with van der Waals surface area (Å²) in [4.78, 5) is 15.9. The molecule has 3 rings (SSSR count). The van der Waals surface area contributed by atoms with Crippen LogP contribution in [0.25, 0.3) is 10.8 Å². The summed E-state index contributed by atoms with van der Waals surface area (Å²) >= 11 is 0. The molecule has 5 nitrogen and oxygen atoms in total. The van der Waals surface area contributed by atoms with Crippen LogP contribution >= 0.6 is 0 Å². The second-order valence-corrected chi connectivity index (χ2v) is 5.07. The van der Waals surface area contributed by atoms with Crippen molar-refractivity contribution < 1.29 is 9.53 Å². The van der Waals surface area contributed by atoms with Crippen LogP contribution in [-0.2, 0) is 0 Å². The minimum Gasteiger partial charge on any atom is -0.493 e. The highest BCUT2D eigenvalue weighted by Crippen LogP contribution is 2.26. The zero-order chi connectivity index (χ0) is 16.8. The van der Waals surface area contributed by atoms with Gasteiger partial charge in [-0.1, -0.05) is 30.3 Å². The van der Waals surface area contributed by atoms with E-state index in [1.165, 1.54) is 0 Å². The summed E-state index contributed by atoms with van der Waals surface area (Å²) in [6.07, 6.45) is 4.75. The van der Waals surface area contributed by atoms with E-state index in [9.17, 15) is 4.79 Å². The number of aromatic nitrogens is 1. The average Bonchev–Trinajstić information content (AvgIpc) is 2.64. The smallest absolute Gasteiger partial charge is 0.271 e. The Morgan fingerprint density at radius 1 is 1.17 bits per heavy atom. The maximum atomic E-state index is 12.0. The van der Waals surface area contributed by atoms with Gasteiger partial charge in [-0.3, -0.25) is 9.78 Å². The Labute approximate surface area is 140 Å². The molecule has 1 N–H and O–H groups in total. The van der Waals surface area contributed by atoms with Crippen LogP contribution in [0.2, 0.25) is 0 Å². The number of benzene rings is 2. The largest absolute Gasteiger partial charge is 0.493 e. The van der Waals surface area contributed by atoms with E-state index in [2.05, 4.69) is 15.5 Å². The molecule has 1 aromatic heterocycles. The predicted molar refractivity (Wildman–Crippen MR) is 94.4 cm³/mol. The molecule has 0 saturated carbocycles. The molecule has 0 aliphatic carbocycles. The van der Waals surface area contributed by atoms with E-state index >= 15 is 0 Å². The van der Waals surface area contributed by atoms with Gasteiger partial charge in [-0.25, -0.2) is 5.43 Å². The normalized spacial score (nSPS) is 10.9. The fraction of sp³-hybridized carbons (Fsp3) is 0.105. The number of pyridine rings is 1. The van der Waals surface area contributed by atoms with Crippen LogP contribution in [0.3, 0.4) is 0 Å². The van der Waals surface area contributed by atoms with Crippen molar-refractivity contribution in [3.8, 4) is 5.75 Å². The molecule has 0 spiro atoms. The monoisotopic (exact) mass is 319 g/mol. The second-order valence-electron chi connectivity index (χ2n) is 5.07. The van der Waals surface area contributed by atoms with Gasteiger partial charge in [0.05, 0.1) is 12.8 Å². The maximum absolute atomic E-state index is 12.0. The van der Waals surface area contributed by atoms with Gasteiger partial charge in [0.25, 0.3) is 5.91 Å². The van der Waals surface area contributed by atoms with Crippen LogP contribution in [0.5, 0.6) is 5.75 Å². The lowest BCUT2D eigenvalue weighted by atomic mass is 10.0. The molecular weight excluding hydrogens is 302 g/mol. The van der Waals surface area contributed by atoms with Gasteiger partial charge in [0.2, 0.25) is 0 Å². The Hall–Kier alpha value is -3.21. The third-order valence-electron chi connectivity index (χ3n) is 3.53. The number of carbonyl (C=O) groups is 1. The Balaban J connectivity index is 1.88. The van der Waals surface area contributed by atoms with Gasteiger partial charge in [0.15, 0.2) is 0 Å². The number of hydrogen-bond donors (Lipinski definition) is 1. The Morgan fingerprint density at radius 3 is 2.75 bits per heavy atom. The summed E-state index contributed by atoms with van der Waals surface area (Å²) in [6.45, 7) is 2.49. The van der Waals surface area contributed by atoms with Gasteiger partial charge in [0.1, 0.15) is 5.75 Å². The maximum Gasteiger partial charge on any atom is 0.271 e. The van der Waals surface area contributed by atoms with Crippen molar-refractivity contribution >= 4 is 22.9 Å².